The van der Waals surface area contributed by atoms with Gasteiger partial charge in [0.2, 0.25) is 0 Å². The van der Waals surface area contributed by atoms with Crippen LogP contribution in [0.3, 0.4) is 0 Å². The summed E-state index contributed by atoms with van der Waals surface area (Å²) in [5.74, 6) is 0. The van der Waals surface area contributed by atoms with E-state index in [9.17, 15) is 0 Å². The summed E-state index contributed by atoms with van der Waals surface area (Å²) in [5.41, 5.74) is 0. The van der Waals surface area contributed by atoms with Crippen molar-refractivity contribution in [3.8, 4) is 0 Å². The predicted molar refractivity (Wildman–Crippen MR) is 77.7 cm³/mol. The van der Waals surface area contributed by atoms with E-state index >= 15 is 0 Å². The molecular weight excluding hydrogens is 299 g/mol. The van der Waals surface area contributed by atoms with Crippen LogP contribution in [-0.4, -0.2) is 0 Å². The van der Waals surface area contributed by atoms with Crippen molar-refractivity contribution in [1.82, 2.24) is 0 Å². The first-order chi connectivity index (χ1) is 8.24. The molecule has 0 radical (unpaired) electrons. The van der Waals surface area contributed by atoms with Crippen molar-refractivity contribution in [1.29, 1.82) is 0 Å². The van der Waals surface area contributed by atoms with Crippen molar-refractivity contribution < 1.29 is 15.5 Å². The number of hydrogen-bond acceptors (Lipinski definition) is 0. The first-order valence-corrected chi connectivity index (χ1v) is 10.1. The Morgan fingerprint density at radius 2 is 0.765 bits per heavy atom. The summed E-state index contributed by atoms with van der Waals surface area (Å²) in [7, 11) is 0. The van der Waals surface area contributed by atoms with Gasteiger partial charge < -0.3 is 0 Å². The maximum absolute atomic E-state index is 2.45. The summed E-state index contributed by atoms with van der Waals surface area (Å²) >= 11 is -1.73. The zero-order valence-electron chi connectivity index (χ0n) is 11.8. The van der Waals surface area contributed by atoms with Crippen LogP contribution in [0, 0.1) is 0 Å². The minimum atomic E-state index is -1.73. The molecule has 0 spiro atoms. The fourth-order valence-electron chi connectivity index (χ4n) is 1.03. The predicted octanol–water partition coefficient (Wildman–Crippen LogP) is 5.84. The van der Waals surface area contributed by atoms with E-state index in [1.165, 1.54) is 0 Å². The molecule has 0 atom stereocenters. The van der Waals surface area contributed by atoms with Crippen LogP contribution in [0.15, 0.2) is 42.5 Å². The second-order valence-corrected chi connectivity index (χ2v) is 8.81. The summed E-state index contributed by atoms with van der Waals surface area (Å²) in [4.78, 5) is 0. The first-order valence-electron chi connectivity index (χ1n) is 6.53. The van der Waals surface area contributed by atoms with Gasteiger partial charge in [-0.1, -0.05) is 0 Å². The third-order valence-electron chi connectivity index (χ3n) is 1.97. The van der Waals surface area contributed by atoms with E-state index < -0.39 is 15.5 Å². The van der Waals surface area contributed by atoms with Crippen LogP contribution in [0.1, 0.15) is 53.4 Å². The molecule has 0 aromatic rings. The Balaban J connectivity index is 5.18. The van der Waals surface area contributed by atoms with Crippen LogP contribution in [0.25, 0.3) is 0 Å². The Hall–Kier alpha value is -0.378. The third kappa shape index (κ3) is 7.53. The van der Waals surface area contributed by atoms with Gasteiger partial charge in [-0.3, -0.25) is 0 Å². The normalized spacial score (nSPS) is 18.6. The molecule has 0 fully saturated rings. The summed E-state index contributed by atoms with van der Waals surface area (Å²) in [6.45, 7) is 8.81. The summed E-state index contributed by atoms with van der Waals surface area (Å²) in [6.07, 6.45) is 13.8. The second-order valence-electron chi connectivity index (χ2n) is 3.63. The Bertz CT molecular complexity index is 220. The van der Waals surface area contributed by atoms with Crippen LogP contribution in [0.5, 0.6) is 0 Å². The van der Waals surface area contributed by atoms with E-state index in [2.05, 4.69) is 70.2 Å². The van der Waals surface area contributed by atoms with Gasteiger partial charge in [-0.15, -0.1) is 0 Å². The SMILES string of the molecule is CCC=[CH][Pd-4]([CH]=CCC)([CH]=CCC)[CH]=CCC. The van der Waals surface area contributed by atoms with Gasteiger partial charge in [0.25, 0.3) is 0 Å². The summed E-state index contributed by atoms with van der Waals surface area (Å²) in [6, 6.07) is 0. The van der Waals surface area contributed by atoms with Crippen LogP contribution in [0.4, 0.5) is 0 Å². The van der Waals surface area contributed by atoms with Gasteiger partial charge in [0.1, 0.15) is 0 Å². The number of allylic oxidation sites excluding steroid dienone is 4. The molecule has 0 saturated carbocycles. The quantitative estimate of drug-likeness (QED) is 0.492. The second kappa shape index (κ2) is 10.8. The zero-order chi connectivity index (χ0) is 13.0. The van der Waals surface area contributed by atoms with Gasteiger partial charge in [-0.2, -0.15) is 0 Å². The fraction of sp³-hybridized carbons (Fsp3) is 0.500. The number of rotatable bonds is 8. The zero-order valence-corrected chi connectivity index (χ0v) is 13.3. The van der Waals surface area contributed by atoms with E-state index in [0.717, 1.165) is 25.7 Å². The molecular formula is C16H28Pd-4. The van der Waals surface area contributed by atoms with Gasteiger partial charge in [0, 0.05) is 0 Å². The molecule has 0 aliphatic carbocycles. The van der Waals surface area contributed by atoms with Gasteiger partial charge in [0.15, 0.2) is 0 Å². The molecule has 0 saturated heterocycles. The summed E-state index contributed by atoms with van der Waals surface area (Å²) < 4.78 is 9.81. The fourth-order valence-corrected chi connectivity index (χ4v) is 6.07. The van der Waals surface area contributed by atoms with Crippen molar-refractivity contribution in [2.75, 3.05) is 0 Å². The Morgan fingerprint density at radius 3 is 0.941 bits per heavy atom. The van der Waals surface area contributed by atoms with Gasteiger partial charge >= 0.3 is 111 Å². The monoisotopic (exact) mass is 326 g/mol. The molecule has 0 aliphatic heterocycles. The standard InChI is InChI=1S/4C4H7.Pd/c4*1-3-4-2;/h4*1,3H,4H2,2H3;/q;;;;-4. The first kappa shape index (κ1) is 16.6. The molecule has 0 aromatic carbocycles. The molecule has 0 aliphatic rings. The van der Waals surface area contributed by atoms with Crippen LogP contribution < -0.4 is 0 Å². The molecule has 0 rings (SSSR count). The van der Waals surface area contributed by atoms with Crippen molar-refractivity contribution in [2.45, 2.75) is 53.4 Å². The topological polar surface area (TPSA) is 0 Å². The molecule has 0 heterocycles. The molecule has 17 heavy (non-hydrogen) atoms. The van der Waals surface area contributed by atoms with E-state index in [-0.39, 0.29) is 0 Å². The van der Waals surface area contributed by atoms with E-state index in [1.807, 2.05) is 0 Å². The molecule has 0 nitrogen and oxygen atoms in total. The van der Waals surface area contributed by atoms with Gasteiger partial charge in [-0.25, -0.2) is 0 Å². The molecule has 106 valence electrons. The molecule has 0 unspecified atom stereocenters. The summed E-state index contributed by atoms with van der Waals surface area (Å²) in [5, 5.41) is 0. The molecule has 0 amide bonds. The average Bonchev–Trinajstić information content (AvgIpc) is 2.37. The molecule has 0 bridgehead atoms. The molecule has 1 heteroatoms. The minimum absolute atomic E-state index is 1.12. The molecule has 0 aromatic heterocycles. The van der Waals surface area contributed by atoms with Crippen LogP contribution in [0.2, 0.25) is 0 Å². The Labute approximate surface area is 111 Å². The van der Waals surface area contributed by atoms with Crippen molar-refractivity contribution in [3.05, 3.63) is 42.5 Å². The van der Waals surface area contributed by atoms with Crippen molar-refractivity contribution in [3.63, 3.8) is 0 Å². The van der Waals surface area contributed by atoms with Gasteiger partial charge in [0.05, 0.1) is 0 Å². The Kier molecular flexibility index (Phi) is 10.5. The van der Waals surface area contributed by atoms with E-state index in [1.54, 1.807) is 0 Å². The maximum atomic E-state index is 2.45. The number of hydrogen-bond donors (Lipinski definition) is 0. The average molecular weight is 327 g/mol. The van der Waals surface area contributed by atoms with E-state index in [4.69, 9.17) is 0 Å². The Morgan fingerprint density at radius 1 is 0.529 bits per heavy atom. The molecule has 0 N–H and O–H groups in total. The van der Waals surface area contributed by atoms with Crippen LogP contribution >= 0.6 is 0 Å². The third-order valence-corrected chi connectivity index (χ3v) is 7.03. The van der Waals surface area contributed by atoms with Crippen molar-refractivity contribution >= 4 is 0 Å². The van der Waals surface area contributed by atoms with E-state index in [0.29, 0.717) is 0 Å². The van der Waals surface area contributed by atoms with Crippen molar-refractivity contribution in [2.24, 2.45) is 0 Å². The van der Waals surface area contributed by atoms with Crippen LogP contribution in [-0.2, 0) is 15.5 Å². The van der Waals surface area contributed by atoms with Gasteiger partial charge in [-0.05, 0) is 0 Å².